The number of thiazole rings is 1. The van der Waals surface area contributed by atoms with E-state index in [4.69, 9.17) is 21.4 Å². The van der Waals surface area contributed by atoms with Gasteiger partial charge in [0.2, 0.25) is 10.0 Å². The summed E-state index contributed by atoms with van der Waals surface area (Å²) < 4.78 is 59.8. The summed E-state index contributed by atoms with van der Waals surface area (Å²) >= 11 is 7.49. The molecule has 0 aliphatic carbocycles. The number of aromatic nitrogens is 1. The number of aliphatic hydroxyl groups is 1. The van der Waals surface area contributed by atoms with E-state index in [2.05, 4.69) is 15.3 Å². The molecule has 1 saturated heterocycles. The fourth-order valence-corrected chi connectivity index (χ4v) is 6.51. The molecular formula is C23H25ClF2N4O5S2. The molecule has 0 bridgehead atoms. The minimum atomic E-state index is -3.61. The Balaban J connectivity index is 1.80. The van der Waals surface area contributed by atoms with Crippen LogP contribution < -0.4 is 5.32 Å². The second-order valence-corrected chi connectivity index (χ2v) is 11.7. The van der Waals surface area contributed by atoms with Gasteiger partial charge in [-0.25, -0.2) is 31.3 Å². The van der Waals surface area contributed by atoms with Crippen molar-refractivity contribution >= 4 is 44.8 Å². The first kappa shape index (κ1) is 27.6. The monoisotopic (exact) mass is 574 g/mol. The minimum Gasteiger partial charge on any atom is -0.463 e. The van der Waals surface area contributed by atoms with Gasteiger partial charge < -0.3 is 15.2 Å². The first-order valence-corrected chi connectivity index (χ1v) is 14.4. The Morgan fingerprint density at radius 2 is 2.05 bits per heavy atom. The molecule has 4 rings (SSSR count). The van der Waals surface area contributed by atoms with Crippen LogP contribution in [0.15, 0.2) is 40.0 Å². The van der Waals surface area contributed by atoms with Gasteiger partial charge in [-0.1, -0.05) is 17.7 Å². The second kappa shape index (κ2) is 11.5. The number of aliphatic imine (C=N–C) groups is 1. The Labute approximate surface area is 221 Å². The number of aliphatic hydroxyl groups excluding tert-OH is 1. The Bertz CT molecular complexity index is 1330. The molecule has 2 aliphatic rings. The van der Waals surface area contributed by atoms with Crippen molar-refractivity contribution in [2.75, 3.05) is 32.1 Å². The van der Waals surface area contributed by atoms with Crippen LogP contribution in [0.4, 0.5) is 8.78 Å². The highest BCUT2D eigenvalue weighted by Crippen LogP contribution is 2.41. The summed E-state index contributed by atoms with van der Waals surface area (Å²) in [6.07, 6.45) is 2.30. The largest absolute Gasteiger partial charge is 0.463 e. The van der Waals surface area contributed by atoms with Crippen molar-refractivity contribution in [3.05, 3.63) is 62.2 Å². The van der Waals surface area contributed by atoms with Gasteiger partial charge in [-0.05, 0) is 25.8 Å². The summed E-state index contributed by atoms with van der Waals surface area (Å²) in [6, 6.07) is 1.08. The number of nitrogens with zero attached hydrogens (tertiary/aromatic N) is 3. The second-order valence-electron chi connectivity index (χ2n) is 8.37. The number of carbonyl (C=O) groups excluding carboxylic acids is 1. The minimum absolute atomic E-state index is 0.0642. The number of esters is 1. The number of hydrogen-bond acceptors (Lipinski definition) is 9. The fourth-order valence-electron chi connectivity index (χ4n) is 4.41. The van der Waals surface area contributed by atoms with E-state index in [1.54, 1.807) is 18.5 Å². The number of carbonyl (C=O) groups is 1. The zero-order valence-corrected chi connectivity index (χ0v) is 22.2. The van der Waals surface area contributed by atoms with Gasteiger partial charge in [0.25, 0.3) is 0 Å². The summed E-state index contributed by atoms with van der Waals surface area (Å²) in [4.78, 5) is 22.2. The topological polar surface area (TPSA) is 121 Å². The van der Waals surface area contributed by atoms with Crippen molar-refractivity contribution < 1.29 is 31.8 Å². The molecule has 0 spiro atoms. The van der Waals surface area contributed by atoms with Crippen molar-refractivity contribution in [3.8, 4) is 0 Å². The SMILES string of the molecule is CCOC(=O)C1=C(C2CCN(S(=O)(=O)CCO)CC2)NC(c2nccs2)=NC1c1ccc(F)c(F)c1Cl. The average Bonchev–Trinajstić information content (AvgIpc) is 3.42. The maximum atomic E-state index is 14.5. The lowest BCUT2D eigenvalue weighted by Gasteiger charge is -2.36. The van der Waals surface area contributed by atoms with Gasteiger partial charge >= 0.3 is 5.97 Å². The van der Waals surface area contributed by atoms with Crippen LogP contribution in [-0.2, 0) is 19.6 Å². The molecule has 1 fully saturated rings. The molecule has 0 amide bonds. The summed E-state index contributed by atoms with van der Waals surface area (Å²) in [5.41, 5.74) is 0.620. The molecule has 1 aromatic heterocycles. The Morgan fingerprint density at radius 1 is 1.32 bits per heavy atom. The van der Waals surface area contributed by atoms with Gasteiger partial charge in [-0.15, -0.1) is 11.3 Å². The van der Waals surface area contributed by atoms with Crippen molar-refractivity contribution in [1.82, 2.24) is 14.6 Å². The lowest BCUT2D eigenvalue weighted by atomic mass is 9.86. The number of allylic oxidation sites excluding steroid dienone is 1. The lowest BCUT2D eigenvalue weighted by Crippen LogP contribution is -2.44. The van der Waals surface area contributed by atoms with E-state index in [1.807, 2.05) is 0 Å². The van der Waals surface area contributed by atoms with E-state index < -0.39 is 45.3 Å². The summed E-state index contributed by atoms with van der Waals surface area (Å²) in [6.45, 7) is 1.58. The third kappa shape index (κ3) is 5.70. The Hall–Kier alpha value is -2.45. The van der Waals surface area contributed by atoms with Crippen LogP contribution in [0, 0.1) is 17.6 Å². The number of nitrogens with one attached hydrogen (secondary N) is 1. The third-order valence-corrected chi connectivity index (χ3v) is 9.18. The number of rotatable bonds is 8. The molecule has 37 heavy (non-hydrogen) atoms. The van der Waals surface area contributed by atoms with Crippen LogP contribution in [0.1, 0.15) is 36.4 Å². The van der Waals surface area contributed by atoms with Crippen molar-refractivity contribution in [2.45, 2.75) is 25.8 Å². The van der Waals surface area contributed by atoms with Crippen molar-refractivity contribution in [1.29, 1.82) is 0 Å². The van der Waals surface area contributed by atoms with Gasteiger partial charge in [0.1, 0.15) is 6.04 Å². The number of hydrogen-bond donors (Lipinski definition) is 2. The highest BCUT2D eigenvalue weighted by Gasteiger charge is 2.39. The predicted octanol–water partition coefficient (Wildman–Crippen LogP) is 3.02. The third-order valence-electron chi connectivity index (χ3n) is 6.17. The maximum absolute atomic E-state index is 14.5. The summed E-state index contributed by atoms with van der Waals surface area (Å²) in [5, 5.41) is 14.0. The lowest BCUT2D eigenvalue weighted by molar-refractivity contribution is -0.139. The number of halogens is 3. The van der Waals surface area contributed by atoms with E-state index in [-0.39, 0.29) is 42.5 Å². The number of amidine groups is 1. The van der Waals surface area contributed by atoms with Gasteiger partial charge in [-0.3, -0.25) is 4.99 Å². The van der Waals surface area contributed by atoms with Crippen LogP contribution in [0.25, 0.3) is 0 Å². The predicted molar refractivity (Wildman–Crippen MR) is 135 cm³/mol. The Kier molecular flexibility index (Phi) is 8.59. The number of ether oxygens (including phenoxy) is 1. The molecule has 2 N–H and O–H groups in total. The quantitative estimate of drug-likeness (QED) is 0.367. The van der Waals surface area contributed by atoms with Gasteiger partial charge in [0.05, 0.1) is 29.6 Å². The van der Waals surface area contributed by atoms with E-state index in [0.29, 0.717) is 29.4 Å². The van der Waals surface area contributed by atoms with Gasteiger partial charge in [0.15, 0.2) is 22.5 Å². The maximum Gasteiger partial charge on any atom is 0.338 e. The zero-order chi connectivity index (χ0) is 26.7. The molecule has 1 atom stereocenters. The van der Waals surface area contributed by atoms with Crippen molar-refractivity contribution in [3.63, 3.8) is 0 Å². The molecular weight excluding hydrogens is 550 g/mol. The highest BCUT2D eigenvalue weighted by molar-refractivity contribution is 7.89. The molecule has 9 nitrogen and oxygen atoms in total. The number of benzene rings is 1. The standard InChI is InChI=1S/C23H25ClF2N4O5S2/c1-2-35-23(32)16-19(13-5-8-30(9-6-13)37(33,34)12-10-31)28-21(22-27-7-11-36-22)29-20(16)14-3-4-15(25)18(26)17(14)24/h3-4,7,11,13,20,31H,2,5-6,8-10,12H2,1H3,(H,28,29). The van der Waals surface area contributed by atoms with Gasteiger partial charge in [-0.2, -0.15) is 0 Å². The van der Waals surface area contributed by atoms with E-state index in [9.17, 15) is 22.0 Å². The smallest absolute Gasteiger partial charge is 0.338 e. The zero-order valence-electron chi connectivity index (χ0n) is 19.8. The first-order chi connectivity index (χ1) is 17.7. The number of piperidine rings is 1. The molecule has 1 aromatic carbocycles. The average molecular weight is 575 g/mol. The van der Waals surface area contributed by atoms with Crippen LogP contribution in [0.2, 0.25) is 5.02 Å². The molecule has 0 radical (unpaired) electrons. The van der Waals surface area contributed by atoms with Crippen LogP contribution in [0.5, 0.6) is 0 Å². The number of sulfonamides is 1. The van der Waals surface area contributed by atoms with E-state index in [1.165, 1.54) is 21.7 Å². The van der Waals surface area contributed by atoms with E-state index >= 15 is 0 Å². The molecule has 200 valence electrons. The molecule has 1 unspecified atom stereocenters. The normalized spacial score (nSPS) is 19.5. The highest BCUT2D eigenvalue weighted by atomic mass is 35.5. The summed E-state index contributed by atoms with van der Waals surface area (Å²) in [7, 11) is -3.61. The summed E-state index contributed by atoms with van der Waals surface area (Å²) in [5.74, 6) is -3.45. The molecule has 3 heterocycles. The fraction of sp³-hybridized carbons (Fsp3) is 0.435. The molecule has 2 aromatic rings. The molecule has 0 saturated carbocycles. The first-order valence-electron chi connectivity index (χ1n) is 11.6. The van der Waals surface area contributed by atoms with E-state index in [0.717, 1.165) is 6.07 Å². The van der Waals surface area contributed by atoms with Crippen LogP contribution in [-0.4, -0.2) is 66.7 Å². The molecule has 14 heteroatoms. The van der Waals surface area contributed by atoms with Crippen molar-refractivity contribution in [2.24, 2.45) is 10.9 Å². The van der Waals surface area contributed by atoms with Gasteiger partial charge in [0, 0.05) is 41.8 Å². The molecule has 2 aliphatic heterocycles. The Morgan fingerprint density at radius 3 is 2.68 bits per heavy atom. The van der Waals surface area contributed by atoms with Crippen LogP contribution >= 0.6 is 22.9 Å². The van der Waals surface area contributed by atoms with Crippen LogP contribution in [0.3, 0.4) is 0 Å².